The van der Waals surface area contributed by atoms with E-state index < -0.39 is 0 Å². The van der Waals surface area contributed by atoms with Gasteiger partial charge in [-0.05, 0) is 49.0 Å². The average molecular weight is 356 g/mol. The molecule has 0 saturated heterocycles. The molecule has 0 amide bonds. The van der Waals surface area contributed by atoms with Gasteiger partial charge in [0, 0.05) is 13.2 Å². The van der Waals surface area contributed by atoms with E-state index in [1.807, 2.05) is 6.92 Å². The summed E-state index contributed by atoms with van der Waals surface area (Å²) in [6.45, 7) is 7.85. The minimum absolute atomic E-state index is 0.291. The third kappa shape index (κ3) is 3.75. The molecule has 1 heterocycles. The topological polar surface area (TPSA) is 47.0 Å². The van der Waals surface area contributed by atoms with Crippen molar-refractivity contribution in [3.05, 3.63) is 16.0 Å². The number of anilines is 1. The van der Waals surface area contributed by atoms with Gasteiger partial charge in [0.05, 0.1) is 10.2 Å². The fraction of sp³-hybridized carbons (Fsp3) is 0.750. The number of nitrogens with one attached hydrogen (secondary N) is 1. The summed E-state index contributed by atoms with van der Waals surface area (Å²) in [6.07, 6.45) is 6.78. The fourth-order valence-corrected chi connectivity index (χ4v) is 3.27. The second-order valence-electron chi connectivity index (χ2n) is 5.71. The van der Waals surface area contributed by atoms with E-state index in [9.17, 15) is 0 Å². The van der Waals surface area contributed by atoms with Crippen LogP contribution in [0.4, 0.5) is 5.82 Å². The summed E-state index contributed by atoms with van der Waals surface area (Å²) in [7, 11) is 0. The Kier molecular flexibility index (Phi) is 5.99. The first kappa shape index (κ1) is 16.7. The van der Waals surface area contributed by atoms with Crippen LogP contribution in [-0.4, -0.2) is 23.1 Å². The summed E-state index contributed by atoms with van der Waals surface area (Å²) in [5.41, 5.74) is 0.685. The number of hydrogen-bond acceptors (Lipinski definition) is 4. The normalized spacial score (nSPS) is 17.7. The van der Waals surface area contributed by atoms with E-state index in [0.29, 0.717) is 6.61 Å². The maximum atomic E-state index is 6.14. The molecule has 0 aliphatic heterocycles. The third-order valence-electron chi connectivity index (χ3n) is 4.05. The Bertz CT molecular complexity index is 467. The quantitative estimate of drug-likeness (QED) is 0.811. The summed E-state index contributed by atoms with van der Waals surface area (Å²) in [6, 6.07) is 0. The number of hydrogen-bond donors (Lipinski definition) is 1. The summed E-state index contributed by atoms with van der Waals surface area (Å²) >= 11 is 3.60. The van der Waals surface area contributed by atoms with E-state index in [-0.39, 0.29) is 5.60 Å². The number of halogens is 1. The van der Waals surface area contributed by atoms with E-state index in [2.05, 4.69) is 35.1 Å². The van der Waals surface area contributed by atoms with Gasteiger partial charge in [0.2, 0.25) is 0 Å². The van der Waals surface area contributed by atoms with Crippen LogP contribution in [0.1, 0.15) is 63.9 Å². The lowest BCUT2D eigenvalue weighted by molar-refractivity contribution is -0.0767. The lowest BCUT2D eigenvalue weighted by Gasteiger charge is -2.36. The second-order valence-corrected chi connectivity index (χ2v) is 6.50. The van der Waals surface area contributed by atoms with Crippen LogP contribution in [0.3, 0.4) is 0 Å². The van der Waals surface area contributed by atoms with Gasteiger partial charge >= 0.3 is 0 Å². The first-order valence-corrected chi connectivity index (χ1v) is 8.84. The minimum Gasteiger partial charge on any atom is -0.369 e. The molecule has 2 rings (SSSR count). The first-order chi connectivity index (χ1) is 10.1. The fourth-order valence-electron chi connectivity index (χ4n) is 2.96. The van der Waals surface area contributed by atoms with E-state index in [0.717, 1.165) is 47.6 Å². The highest BCUT2D eigenvalue weighted by Crippen LogP contribution is 2.40. The molecule has 1 N–H and O–H groups in total. The number of aromatic nitrogens is 2. The van der Waals surface area contributed by atoms with Gasteiger partial charge in [-0.3, -0.25) is 0 Å². The van der Waals surface area contributed by atoms with E-state index in [1.165, 1.54) is 19.3 Å². The zero-order valence-corrected chi connectivity index (χ0v) is 14.9. The molecule has 1 aliphatic rings. The van der Waals surface area contributed by atoms with Gasteiger partial charge in [0.25, 0.3) is 0 Å². The Hall–Kier alpha value is -0.680. The van der Waals surface area contributed by atoms with Crippen molar-refractivity contribution < 1.29 is 4.74 Å². The molecule has 0 radical (unpaired) electrons. The first-order valence-electron chi connectivity index (χ1n) is 8.05. The Balaban J connectivity index is 2.37. The predicted octanol–water partition coefficient (Wildman–Crippen LogP) is 4.57. The monoisotopic (exact) mass is 355 g/mol. The molecule has 1 saturated carbocycles. The molecule has 0 bridgehead atoms. The van der Waals surface area contributed by atoms with Crippen LogP contribution < -0.4 is 5.32 Å². The minimum atomic E-state index is -0.291. The van der Waals surface area contributed by atoms with Crippen molar-refractivity contribution in [3.8, 4) is 0 Å². The number of rotatable bonds is 6. The highest BCUT2D eigenvalue weighted by Gasteiger charge is 2.38. The van der Waals surface area contributed by atoms with Gasteiger partial charge in [-0.1, -0.05) is 26.2 Å². The highest BCUT2D eigenvalue weighted by atomic mass is 79.9. The zero-order chi connectivity index (χ0) is 15.3. The summed E-state index contributed by atoms with van der Waals surface area (Å²) in [5.74, 6) is 1.74. The van der Waals surface area contributed by atoms with Crippen molar-refractivity contribution in [1.82, 2.24) is 9.97 Å². The lowest BCUT2D eigenvalue weighted by atomic mass is 9.83. The summed E-state index contributed by atoms with van der Waals surface area (Å²) < 4.78 is 7.10. The van der Waals surface area contributed by atoms with Crippen LogP contribution in [0, 0.1) is 6.92 Å². The van der Waals surface area contributed by atoms with E-state index >= 15 is 0 Å². The van der Waals surface area contributed by atoms with E-state index in [4.69, 9.17) is 14.7 Å². The number of aryl methyl sites for hydroxylation is 1. The molecule has 4 nitrogen and oxygen atoms in total. The highest BCUT2D eigenvalue weighted by molar-refractivity contribution is 9.10. The van der Waals surface area contributed by atoms with Gasteiger partial charge in [-0.15, -0.1) is 0 Å². The second kappa shape index (κ2) is 7.54. The number of nitrogens with zero attached hydrogens (tertiary/aromatic N) is 2. The van der Waals surface area contributed by atoms with Crippen molar-refractivity contribution >= 4 is 21.7 Å². The Morgan fingerprint density at radius 3 is 2.52 bits per heavy atom. The molecule has 1 aliphatic carbocycles. The average Bonchev–Trinajstić information content (AvgIpc) is 2.50. The van der Waals surface area contributed by atoms with Crippen molar-refractivity contribution in [2.75, 3.05) is 18.5 Å². The Labute approximate surface area is 136 Å². The van der Waals surface area contributed by atoms with Gasteiger partial charge < -0.3 is 10.1 Å². The lowest BCUT2D eigenvalue weighted by Crippen LogP contribution is -2.35. The van der Waals surface area contributed by atoms with Gasteiger partial charge in [-0.2, -0.15) is 0 Å². The number of ether oxygens (including phenoxy) is 1. The van der Waals surface area contributed by atoms with Crippen LogP contribution in [-0.2, 0) is 10.3 Å². The summed E-state index contributed by atoms with van der Waals surface area (Å²) in [4.78, 5) is 9.52. The van der Waals surface area contributed by atoms with Crippen LogP contribution in [0.2, 0.25) is 0 Å². The Morgan fingerprint density at radius 2 is 1.90 bits per heavy atom. The molecular formula is C16H26BrN3O. The van der Waals surface area contributed by atoms with Crippen molar-refractivity contribution in [2.24, 2.45) is 0 Å². The van der Waals surface area contributed by atoms with Crippen LogP contribution in [0.15, 0.2) is 4.47 Å². The molecule has 0 spiro atoms. The molecule has 21 heavy (non-hydrogen) atoms. The van der Waals surface area contributed by atoms with Crippen molar-refractivity contribution in [1.29, 1.82) is 0 Å². The smallest absolute Gasteiger partial charge is 0.162 e. The van der Waals surface area contributed by atoms with Gasteiger partial charge in [-0.25, -0.2) is 9.97 Å². The van der Waals surface area contributed by atoms with Crippen molar-refractivity contribution in [3.63, 3.8) is 0 Å². The standard InChI is InChI=1S/C16H26BrN3O/c1-4-11-18-14-13(17)12(3)19-15(20-14)16(21-5-2)9-7-6-8-10-16/h4-11H2,1-3H3,(H,18,19,20). The molecule has 118 valence electrons. The molecule has 0 atom stereocenters. The van der Waals surface area contributed by atoms with E-state index in [1.54, 1.807) is 0 Å². The maximum Gasteiger partial charge on any atom is 0.162 e. The van der Waals surface area contributed by atoms with Gasteiger partial charge in [0.1, 0.15) is 11.4 Å². The Morgan fingerprint density at radius 1 is 1.19 bits per heavy atom. The molecule has 5 heteroatoms. The maximum absolute atomic E-state index is 6.14. The zero-order valence-electron chi connectivity index (χ0n) is 13.3. The molecule has 1 aromatic heterocycles. The van der Waals surface area contributed by atoms with Crippen LogP contribution in [0.5, 0.6) is 0 Å². The molecule has 1 fully saturated rings. The predicted molar refractivity (Wildman–Crippen MR) is 89.6 cm³/mol. The van der Waals surface area contributed by atoms with Crippen LogP contribution >= 0.6 is 15.9 Å². The molecule has 1 aromatic rings. The SMILES string of the molecule is CCCNc1nc(C2(OCC)CCCCC2)nc(C)c1Br. The van der Waals surface area contributed by atoms with Crippen LogP contribution in [0.25, 0.3) is 0 Å². The molecular weight excluding hydrogens is 330 g/mol. The third-order valence-corrected chi connectivity index (χ3v) is 5.00. The van der Waals surface area contributed by atoms with Gasteiger partial charge in [0.15, 0.2) is 5.82 Å². The van der Waals surface area contributed by atoms with Crippen molar-refractivity contribution in [2.45, 2.75) is 64.9 Å². The largest absolute Gasteiger partial charge is 0.369 e. The summed E-state index contributed by atoms with van der Waals surface area (Å²) in [5, 5.41) is 3.39. The molecule has 0 aromatic carbocycles. The molecule has 0 unspecified atom stereocenters.